The Morgan fingerprint density at radius 1 is 0.947 bits per heavy atom. The van der Waals surface area contributed by atoms with Crippen molar-refractivity contribution in [3.63, 3.8) is 0 Å². The molecule has 3 fully saturated rings. The van der Waals surface area contributed by atoms with Crippen LogP contribution in [-0.4, -0.2) is 12.1 Å². The Morgan fingerprint density at radius 3 is 2.37 bits per heavy atom. The van der Waals surface area contributed by atoms with E-state index < -0.39 is 0 Å². The fourth-order valence-electron chi connectivity index (χ4n) is 4.94. The summed E-state index contributed by atoms with van der Waals surface area (Å²) in [5.41, 5.74) is 0. The van der Waals surface area contributed by atoms with Gasteiger partial charge in [-0.1, -0.05) is 32.3 Å². The molecule has 0 radical (unpaired) electrons. The summed E-state index contributed by atoms with van der Waals surface area (Å²) >= 11 is 0. The highest BCUT2D eigenvalue weighted by molar-refractivity contribution is 5.81. The first-order valence-corrected chi connectivity index (χ1v) is 8.11. The Bertz CT molecular complexity index is 349. The summed E-state index contributed by atoms with van der Waals surface area (Å²) in [6, 6.07) is 0. The molecular weight excluding hydrogens is 236 g/mol. The first-order valence-electron chi connectivity index (χ1n) is 8.11. The molecule has 0 aliphatic heterocycles. The quantitative estimate of drug-likeness (QED) is 0.553. The minimum atomic E-state index is -0.226. The first-order chi connectivity index (χ1) is 9.28. The van der Waals surface area contributed by atoms with Crippen LogP contribution < -0.4 is 0 Å². The molecule has 2 heteroatoms. The molecule has 0 aromatic rings. The van der Waals surface area contributed by atoms with Gasteiger partial charge in [-0.2, -0.15) is 0 Å². The van der Waals surface area contributed by atoms with Crippen molar-refractivity contribution in [3.8, 4) is 0 Å². The van der Waals surface area contributed by atoms with Crippen LogP contribution in [-0.2, 0) is 9.53 Å². The third-order valence-corrected chi connectivity index (χ3v) is 5.83. The molecule has 3 aliphatic rings. The second-order valence-corrected chi connectivity index (χ2v) is 6.81. The number of rotatable bonds is 2. The van der Waals surface area contributed by atoms with Crippen molar-refractivity contribution in [1.29, 1.82) is 0 Å². The Hall–Kier alpha value is -0.790. The first kappa shape index (κ1) is 13.2. The van der Waals surface area contributed by atoms with E-state index in [1.165, 1.54) is 57.4 Å². The van der Waals surface area contributed by atoms with Crippen LogP contribution in [0.2, 0.25) is 0 Å². The van der Waals surface area contributed by atoms with Crippen LogP contribution in [0, 0.1) is 23.7 Å². The smallest absolute Gasteiger partial charge is 0.330 e. The molecule has 0 spiro atoms. The maximum absolute atomic E-state index is 11.5. The van der Waals surface area contributed by atoms with Gasteiger partial charge in [0.05, 0.1) is 0 Å². The Labute approximate surface area is 116 Å². The van der Waals surface area contributed by atoms with Gasteiger partial charge >= 0.3 is 5.97 Å². The monoisotopic (exact) mass is 262 g/mol. The van der Waals surface area contributed by atoms with Gasteiger partial charge in [-0.05, 0) is 55.8 Å². The minimum absolute atomic E-state index is 0.173. The average molecular weight is 262 g/mol. The lowest BCUT2D eigenvalue weighted by molar-refractivity contribution is -0.152. The summed E-state index contributed by atoms with van der Waals surface area (Å²) in [4.78, 5) is 11.5. The van der Waals surface area contributed by atoms with Crippen molar-refractivity contribution in [3.05, 3.63) is 12.7 Å². The summed E-state index contributed by atoms with van der Waals surface area (Å²) in [5, 5.41) is 0. The molecule has 0 aromatic carbocycles. The molecular formula is C17H26O2. The van der Waals surface area contributed by atoms with Crippen LogP contribution in [0.25, 0.3) is 0 Å². The maximum atomic E-state index is 11.5. The molecule has 5 atom stereocenters. The van der Waals surface area contributed by atoms with E-state index in [0.717, 1.165) is 24.2 Å². The Morgan fingerprint density at radius 2 is 1.63 bits per heavy atom. The molecule has 2 nitrogen and oxygen atoms in total. The van der Waals surface area contributed by atoms with Gasteiger partial charge in [-0.3, -0.25) is 0 Å². The predicted octanol–water partition coefficient (Wildman–Crippen LogP) is 4.10. The van der Waals surface area contributed by atoms with E-state index in [1.807, 2.05) is 0 Å². The molecule has 0 amide bonds. The van der Waals surface area contributed by atoms with Crippen molar-refractivity contribution in [2.75, 3.05) is 0 Å². The lowest BCUT2D eigenvalue weighted by Crippen LogP contribution is -2.43. The maximum Gasteiger partial charge on any atom is 0.330 e. The number of carbonyl (C=O) groups is 1. The molecule has 106 valence electrons. The predicted molar refractivity (Wildman–Crippen MR) is 75.6 cm³/mol. The summed E-state index contributed by atoms with van der Waals surface area (Å²) in [7, 11) is 0. The fourth-order valence-corrected chi connectivity index (χ4v) is 4.94. The number of carbonyl (C=O) groups excluding carboxylic acids is 1. The zero-order valence-electron chi connectivity index (χ0n) is 11.9. The van der Waals surface area contributed by atoms with Gasteiger partial charge in [-0.15, -0.1) is 0 Å². The second kappa shape index (κ2) is 5.68. The molecule has 3 rings (SSSR count). The van der Waals surface area contributed by atoms with Crippen molar-refractivity contribution in [2.45, 2.75) is 63.9 Å². The Balaban J connectivity index is 1.68. The minimum Gasteiger partial charge on any atom is -0.459 e. The fraction of sp³-hybridized carbons (Fsp3) is 0.824. The van der Waals surface area contributed by atoms with E-state index in [4.69, 9.17) is 4.74 Å². The van der Waals surface area contributed by atoms with Crippen LogP contribution >= 0.6 is 0 Å². The van der Waals surface area contributed by atoms with Crippen LogP contribution in [0.4, 0.5) is 0 Å². The molecule has 0 N–H and O–H groups in total. The third kappa shape index (κ3) is 2.73. The molecule has 0 bridgehead atoms. The molecule has 0 saturated heterocycles. The van der Waals surface area contributed by atoms with Gasteiger partial charge in [0.15, 0.2) is 0 Å². The van der Waals surface area contributed by atoms with E-state index in [0.29, 0.717) is 5.92 Å². The highest BCUT2D eigenvalue weighted by Gasteiger charge is 2.43. The zero-order valence-corrected chi connectivity index (χ0v) is 11.9. The largest absolute Gasteiger partial charge is 0.459 e. The van der Waals surface area contributed by atoms with Crippen LogP contribution in [0.15, 0.2) is 12.7 Å². The summed E-state index contributed by atoms with van der Waals surface area (Å²) < 4.78 is 5.63. The normalized spacial score (nSPS) is 41.8. The van der Waals surface area contributed by atoms with Gasteiger partial charge in [0.25, 0.3) is 0 Å². The van der Waals surface area contributed by atoms with E-state index in [1.54, 1.807) is 0 Å². The molecule has 3 saturated carbocycles. The standard InChI is InChI=1S/C17H26O2/c1-2-17(18)19-16-9-5-8-14-10-12-6-3-4-7-13(12)11-15(14)16/h2,12-16H,1,3-11H2. The van der Waals surface area contributed by atoms with Crippen LogP contribution in [0.3, 0.4) is 0 Å². The summed E-state index contributed by atoms with van der Waals surface area (Å²) in [5.74, 6) is 3.12. The average Bonchev–Trinajstić information content (AvgIpc) is 2.45. The topological polar surface area (TPSA) is 26.3 Å². The molecule has 0 heterocycles. The van der Waals surface area contributed by atoms with Crippen LogP contribution in [0.1, 0.15) is 57.8 Å². The number of ether oxygens (including phenoxy) is 1. The van der Waals surface area contributed by atoms with E-state index in [-0.39, 0.29) is 12.1 Å². The third-order valence-electron chi connectivity index (χ3n) is 5.83. The van der Waals surface area contributed by atoms with Crippen molar-refractivity contribution < 1.29 is 9.53 Å². The van der Waals surface area contributed by atoms with E-state index in [2.05, 4.69) is 6.58 Å². The molecule has 5 unspecified atom stereocenters. The van der Waals surface area contributed by atoms with Gasteiger partial charge < -0.3 is 4.74 Å². The highest BCUT2D eigenvalue weighted by Crippen LogP contribution is 2.50. The van der Waals surface area contributed by atoms with Gasteiger partial charge in [-0.25, -0.2) is 4.79 Å². The van der Waals surface area contributed by atoms with Gasteiger partial charge in [0.2, 0.25) is 0 Å². The van der Waals surface area contributed by atoms with Gasteiger partial charge in [0, 0.05) is 6.08 Å². The summed E-state index contributed by atoms with van der Waals surface area (Å²) in [6.45, 7) is 3.52. The highest BCUT2D eigenvalue weighted by atomic mass is 16.5. The van der Waals surface area contributed by atoms with Gasteiger partial charge in [0.1, 0.15) is 6.10 Å². The van der Waals surface area contributed by atoms with Crippen molar-refractivity contribution >= 4 is 5.97 Å². The Kier molecular flexibility index (Phi) is 3.95. The number of esters is 1. The SMILES string of the molecule is C=CC(=O)OC1CCCC2CC3CCCCC3CC21. The van der Waals surface area contributed by atoms with Crippen molar-refractivity contribution in [1.82, 2.24) is 0 Å². The number of hydrogen-bond acceptors (Lipinski definition) is 2. The lowest BCUT2D eigenvalue weighted by atomic mass is 9.59. The summed E-state index contributed by atoms with van der Waals surface area (Å²) in [6.07, 6.45) is 13.6. The number of fused-ring (bicyclic) bond motifs is 2. The lowest BCUT2D eigenvalue weighted by Gasteiger charge is -2.48. The van der Waals surface area contributed by atoms with E-state index in [9.17, 15) is 4.79 Å². The molecule has 0 aromatic heterocycles. The van der Waals surface area contributed by atoms with E-state index >= 15 is 0 Å². The van der Waals surface area contributed by atoms with Crippen molar-refractivity contribution in [2.24, 2.45) is 23.7 Å². The van der Waals surface area contributed by atoms with Crippen LogP contribution in [0.5, 0.6) is 0 Å². The second-order valence-electron chi connectivity index (χ2n) is 6.81. The number of hydrogen-bond donors (Lipinski definition) is 0. The zero-order chi connectivity index (χ0) is 13.2. The molecule has 19 heavy (non-hydrogen) atoms. The molecule has 3 aliphatic carbocycles.